The van der Waals surface area contributed by atoms with Crippen molar-refractivity contribution in [2.45, 2.75) is 33.4 Å². The number of Topliss-reactive ketones (excluding diaryl/α,β-unsaturated/α-hetero) is 1. The number of aromatic nitrogens is 3. The van der Waals surface area contributed by atoms with Crippen molar-refractivity contribution in [2.75, 3.05) is 7.05 Å². The van der Waals surface area contributed by atoms with Crippen molar-refractivity contribution in [3.05, 3.63) is 83.3 Å². The molecule has 0 aliphatic rings. The van der Waals surface area contributed by atoms with Gasteiger partial charge in [-0.25, -0.2) is 4.68 Å². The fourth-order valence-corrected chi connectivity index (χ4v) is 3.92. The molecule has 5 heteroatoms. The lowest BCUT2D eigenvalue weighted by molar-refractivity contribution is -0.907. The summed E-state index contributed by atoms with van der Waals surface area (Å²) in [5.74, 6) is 0.158. The molecule has 0 amide bonds. The number of nitrogens with zero attached hydrogens (tertiary/aromatic N) is 2. The van der Waals surface area contributed by atoms with Crippen LogP contribution in [0.5, 0.6) is 0 Å². The van der Waals surface area contributed by atoms with E-state index in [9.17, 15) is 4.79 Å². The minimum Gasteiger partial charge on any atom is -0.360 e. The van der Waals surface area contributed by atoms with Crippen LogP contribution in [0.3, 0.4) is 0 Å². The highest BCUT2D eigenvalue weighted by atomic mass is 16.1. The number of aryl methyl sites for hydroxylation is 1. The van der Waals surface area contributed by atoms with E-state index in [2.05, 4.69) is 31.1 Å². The van der Waals surface area contributed by atoms with Gasteiger partial charge in [-0.05, 0) is 39.0 Å². The molecule has 2 aromatic heterocycles. The Bertz CT molecular complexity index is 1160. The molecule has 0 aliphatic heterocycles. The van der Waals surface area contributed by atoms with Crippen LogP contribution in [-0.4, -0.2) is 33.6 Å². The van der Waals surface area contributed by atoms with Gasteiger partial charge in [0.1, 0.15) is 12.6 Å². The molecule has 148 valence electrons. The molecule has 2 aromatic carbocycles. The summed E-state index contributed by atoms with van der Waals surface area (Å²) in [5.41, 5.74) is 6.15. The van der Waals surface area contributed by atoms with Gasteiger partial charge < -0.3 is 9.88 Å². The average Bonchev–Trinajstić information content (AvgIpc) is 3.29. The van der Waals surface area contributed by atoms with E-state index in [0.717, 1.165) is 45.0 Å². The van der Waals surface area contributed by atoms with Gasteiger partial charge in [-0.1, -0.05) is 36.4 Å². The SMILES string of the molecule is Cc1nn(-c2ccccc2)c(C)c1C[NH+](C)[C@H](C)C(=O)c1c[nH]c2ccccc12. The Morgan fingerprint density at radius 3 is 2.55 bits per heavy atom. The van der Waals surface area contributed by atoms with Crippen molar-refractivity contribution in [1.82, 2.24) is 14.8 Å². The van der Waals surface area contributed by atoms with E-state index in [-0.39, 0.29) is 11.8 Å². The van der Waals surface area contributed by atoms with Crippen LogP contribution in [0.1, 0.15) is 34.2 Å². The molecular formula is C24H27N4O+. The van der Waals surface area contributed by atoms with Crippen LogP contribution < -0.4 is 4.90 Å². The van der Waals surface area contributed by atoms with Gasteiger partial charge in [0, 0.05) is 22.7 Å². The zero-order chi connectivity index (χ0) is 20.5. The summed E-state index contributed by atoms with van der Waals surface area (Å²) in [6.07, 6.45) is 1.83. The van der Waals surface area contributed by atoms with Gasteiger partial charge in [0.25, 0.3) is 0 Å². The van der Waals surface area contributed by atoms with Crippen LogP contribution in [0.25, 0.3) is 16.6 Å². The summed E-state index contributed by atoms with van der Waals surface area (Å²) >= 11 is 0. The monoisotopic (exact) mass is 387 g/mol. The maximum Gasteiger partial charge on any atom is 0.221 e. The molecule has 0 radical (unpaired) electrons. The van der Waals surface area contributed by atoms with Crippen LogP contribution >= 0.6 is 0 Å². The van der Waals surface area contributed by atoms with Crippen molar-refractivity contribution in [1.29, 1.82) is 0 Å². The highest BCUT2D eigenvalue weighted by molar-refractivity contribution is 6.09. The number of carbonyl (C=O) groups excluding carboxylic acids is 1. The Balaban J connectivity index is 1.57. The quantitative estimate of drug-likeness (QED) is 0.499. The van der Waals surface area contributed by atoms with Crippen molar-refractivity contribution in [3.63, 3.8) is 0 Å². The second kappa shape index (κ2) is 7.68. The molecule has 29 heavy (non-hydrogen) atoms. The van der Waals surface area contributed by atoms with E-state index >= 15 is 0 Å². The third-order valence-electron chi connectivity index (χ3n) is 5.88. The lowest BCUT2D eigenvalue weighted by Gasteiger charge is -2.21. The Hall–Kier alpha value is -3.18. The molecule has 2 N–H and O–H groups in total. The summed E-state index contributed by atoms with van der Waals surface area (Å²) in [6.45, 7) is 6.90. The molecule has 0 saturated heterocycles. The Labute approximate surface area is 171 Å². The van der Waals surface area contributed by atoms with E-state index in [1.165, 1.54) is 5.56 Å². The molecule has 0 aliphatic carbocycles. The first-order chi connectivity index (χ1) is 14.0. The number of quaternary nitrogens is 1. The number of carbonyl (C=O) groups is 1. The zero-order valence-corrected chi connectivity index (χ0v) is 17.4. The molecule has 4 rings (SSSR count). The summed E-state index contributed by atoms with van der Waals surface area (Å²) in [7, 11) is 2.08. The third-order valence-corrected chi connectivity index (χ3v) is 5.88. The number of likely N-dealkylation sites (N-methyl/N-ethyl adjacent to an activating group) is 1. The largest absolute Gasteiger partial charge is 0.360 e. The van der Waals surface area contributed by atoms with E-state index in [4.69, 9.17) is 5.10 Å². The number of H-pyrrole nitrogens is 1. The number of rotatable bonds is 6. The van der Waals surface area contributed by atoms with Crippen LogP contribution in [0.2, 0.25) is 0 Å². The lowest BCUT2D eigenvalue weighted by Crippen LogP contribution is -3.12. The number of nitrogens with one attached hydrogen (secondary N) is 2. The number of hydrogen-bond donors (Lipinski definition) is 2. The number of benzene rings is 2. The first kappa shape index (κ1) is 19.2. The highest BCUT2D eigenvalue weighted by Gasteiger charge is 2.27. The molecule has 0 spiro atoms. The molecule has 0 bridgehead atoms. The van der Waals surface area contributed by atoms with Gasteiger partial charge in [-0.15, -0.1) is 0 Å². The lowest BCUT2D eigenvalue weighted by atomic mass is 10.0. The Morgan fingerprint density at radius 1 is 1.10 bits per heavy atom. The van der Waals surface area contributed by atoms with Crippen molar-refractivity contribution < 1.29 is 9.69 Å². The number of hydrogen-bond acceptors (Lipinski definition) is 2. The minimum atomic E-state index is -0.159. The number of ketones is 1. The van der Waals surface area contributed by atoms with Crippen molar-refractivity contribution >= 4 is 16.7 Å². The second-order valence-electron chi connectivity index (χ2n) is 7.75. The van der Waals surface area contributed by atoms with Crippen LogP contribution in [0.4, 0.5) is 0 Å². The fraction of sp³-hybridized carbons (Fsp3) is 0.250. The maximum absolute atomic E-state index is 13.2. The first-order valence-electron chi connectivity index (χ1n) is 10.0. The van der Waals surface area contributed by atoms with Gasteiger partial charge in [-0.3, -0.25) is 4.79 Å². The topological polar surface area (TPSA) is 55.1 Å². The van der Waals surface area contributed by atoms with Gasteiger partial charge in [0.2, 0.25) is 5.78 Å². The third kappa shape index (κ3) is 3.49. The Morgan fingerprint density at radius 2 is 1.79 bits per heavy atom. The smallest absolute Gasteiger partial charge is 0.221 e. The minimum absolute atomic E-state index is 0.158. The van der Waals surface area contributed by atoms with Gasteiger partial charge >= 0.3 is 0 Å². The predicted octanol–water partition coefficient (Wildman–Crippen LogP) is 3.26. The summed E-state index contributed by atoms with van der Waals surface area (Å²) < 4.78 is 1.99. The molecular weight excluding hydrogens is 360 g/mol. The van der Waals surface area contributed by atoms with Gasteiger partial charge in [0.05, 0.1) is 29.7 Å². The summed E-state index contributed by atoms with van der Waals surface area (Å²) in [4.78, 5) is 17.5. The molecule has 5 nitrogen and oxygen atoms in total. The van der Waals surface area contributed by atoms with E-state index in [0.29, 0.717) is 0 Å². The molecule has 2 heterocycles. The molecule has 2 atom stereocenters. The standard InChI is InChI=1S/C24H26N4O/c1-16-22(17(2)28(26-16)19-10-6-5-7-11-19)15-27(4)18(3)24(29)21-14-25-23-13-9-8-12-20(21)23/h5-14,18,25H,15H2,1-4H3/p+1/t18-/m1/s1. The molecule has 4 aromatic rings. The summed E-state index contributed by atoms with van der Waals surface area (Å²) in [6, 6.07) is 17.9. The fourth-order valence-electron chi connectivity index (χ4n) is 3.92. The Kier molecular flexibility index (Phi) is 5.07. The van der Waals surface area contributed by atoms with Crippen LogP contribution in [-0.2, 0) is 6.54 Å². The van der Waals surface area contributed by atoms with E-state index in [1.807, 2.05) is 67.2 Å². The average molecular weight is 388 g/mol. The molecule has 1 unspecified atom stereocenters. The van der Waals surface area contributed by atoms with Crippen molar-refractivity contribution in [2.24, 2.45) is 0 Å². The highest BCUT2D eigenvalue weighted by Crippen LogP contribution is 2.20. The van der Waals surface area contributed by atoms with Gasteiger partial charge in [-0.2, -0.15) is 5.10 Å². The molecule has 0 saturated carbocycles. The number of aromatic amines is 1. The van der Waals surface area contributed by atoms with Gasteiger partial charge in [0.15, 0.2) is 0 Å². The number of fused-ring (bicyclic) bond motifs is 1. The summed E-state index contributed by atoms with van der Waals surface area (Å²) in [5, 5.41) is 5.73. The van der Waals surface area contributed by atoms with Crippen LogP contribution in [0.15, 0.2) is 60.8 Å². The van der Waals surface area contributed by atoms with E-state index in [1.54, 1.807) is 0 Å². The molecule has 0 fully saturated rings. The normalized spacial score (nSPS) is 13.5. The van der Waals surface area contributed by atoms with Crippen LogP contribution in [0, 0.1) is 13.8 Å². The second-order valence-corrected chi connectivity index (χ2v) is 7.75. The first-order valence-corrected chi connectivity index (χ1v) is 10.0. The van der Waals surface area contributed by atoms with E-state index < -0.39 is 0 Å². The number of para-hydroxylation sites is 2. The zero-order valence-electron chi connectivity index (χ0n) is 17.4. The maximum atomic E-state index is 13.2. The van der Waals surface area contributed by atoms with Crippen molar-refractivity contribution in [3.8, 4) is 5.69 Å². The predicted molar refractivity (Wildman–Crippen MR) is 116 cm³/mol.